The predicted octanol–water partition coefficient (Wildman–Crippen LogP) is 9.85. The number of benzene rings is 6. The number of halogens is 30. The van der Waals surface area contributed by atoms with Gasteiger partial charge in [0, 0.05) is 56.9 Å². The van der Waals surface area contributed by atoms with Crippen molar-refractivity contribution in [1.82, 2.24) is 0 Å². The number of hydrogen-bond acceptors (Lipinski definition) is 14. The maximum Gasteiger partial charge on any atom is 3.00 e. The van der Waals surface area contributed by atoms with Gasteiger partial charge in [0.2, 0.25) is 0 Å². The predicted molar refractivity (Wildman–Crippen MR) is 249 cm³/mol. The second-order valence-electron chi connectivity index (χ2n) is 15.3. The number of rotatable bonds is 12. The first-order valence-electron chi connectivity index (χ1n) is 23.5. The summed E-state index contributed by atoms with van der Waals surface area (Å²) in [6.07, 6.45) is 0. The van der Waals surface area contributed by atoms with Crippen LogP contribution in [0, 0.1) is 256 Å². The van der Waals surface area contributed by atoms with Gasteiger partial charge < -0.3 is 68.5 Å². The normalized spacial score (nSPS) is 9.86. The van der Waals surface area contributed by atoms with Gasteiger partial charge in [-0.15, -0.1) is 0 Å². The Morgan fingerprint density at radius 2 is 0.194 bits per heavy atom. The van der Waals surface area contributed by atoms with Crippen molar-refractivity contribution in [2.45, 2.75) is 0 Å². The number of ether oxygens (including phenoxy) is 8. The molecule has 0 unspecified atom stereocenters. The molecule has 0 amide bonds. The van der Waals surface area contributed by atoms with Gasteiger partial charge in [0.1, 0.15) is 0 Å². The molecule has 0 spiro atoms. The third kappa shape index (κ3) is 31.9. The Kier molecular flexibility index (Phi) is 56.2. The van der Waals surface area contributed by atoms with Crippen molar-refractivity contribution in [3.63, 3.8) is 0 Å². The van der Waals surface area contributed by atoms with Gasteiger partial charge in [-0.1, -0.05) is 0 Å². The van der Waals surface area contributed by atoms with E-state index in [4.69, 9.17) is 0 Å². The Balaban J connectivity index is -0.000000243. The van der Waals surface area contributed by atoms with Crippen molar-refractivity contribution in [1.29, 1.82) is 0 Å². The summed E-state index contributed by atoms with van der Waals surface area (Å²) >= 11 is 0. The van der Waals surface area contributed by atoms with Crippen LogP contribution in [-0.4, -0.2) is 110 Å². The standard InChI is InChI=1S/6C6HF5O.4C4H10O2.2Nd/c6*7-1-2(8)4(10)6(12)5(11)3(1)9;4*1-5-3-4-6-2;;/h6*12H;4*3-4H2,1-2H3;;/q;;;;;;;;;;2*+3/p-6. The van der Waals surface area contributed by atoms with Crippen LogP contribution in [0.5, 0.6) is 34.5 Å². The molecule has 0 atom stereocenters. The van der Waals surface area contributed by atoms with Crippen molar-refractivity contribution in [3.05, 3.63) is 175 Å². The van der Waals surface area contributed by atoms with E-state index in [1.165, 1.54) is 0 Å². The van der Waals surface area contributed by atoms with E-state index in [1.54, 1.807) is 56.9 Å². The van der Waals surface area contributed by atoms with E-state index in [2.05, 4.69) is 37.9 Å². The monoisotopic (exact) mass is 1740 g/mol. The molecule has 0 saturated carbocycles. The summed E-state index contributed by atoms with van der Waals surface area (Å²) in [7, 11) is 13.2. The maximum absolute atomic E-state index is 12.1. The minimum Gasteiger partial charge on any atom is -0.868 e. The molecule has 550 valence electrons. The molecule has 0 bridgehead atoms. The first-order valence-corrected chi connectivity index (χ1v) is 23.5. The van der Waals surface area contributed by atoms with Crippen molar-refractivity contribution in [2.24, 2.45) is 0 Å². The van der Waals surface area contributed by atoms with Crippen LogP contribution in [0.4, 0.5) is 132 Å². The molecule has 6 rings (SSSR count). The molecule has 98 heavy (non-hydrogen) atoms. The fourth-order valence-corrected chi connectivity index (χ4v) is 4.18. The minimum atomic E-state index is -2.33. The number of methoxy groups -OCH3 is 8. The van der Waals surface area contributed by atoms with Crippen LogP contribution in [0.3, 0.4) is 0 Å². The van der Waals surface area contributed by atoms with Gasteiger partial charge in [-0.3, -0.25) is 0 Å². The van der Waals surface area contributed by atoms with Crippen molar-refractivity contribution >= 4 is 0 Å². The fourth-order valence-electron chi connectivity index (χ4n) is 4.18. The summed E-state index contributed by atoms with van der Waals surface area (Å²) in [6.45, 7) is 5.53. The van der Waals surface area contributed by atoms with Crippen LogP contribution in [0.15, 0.2) is 0 Å². The second-order valence-corrected chi connectivity index (χ2v) is 15.3. The summed E-state index contributed by atoms with van der Waals surface area (Å²) in [6, 6.07) is 0. The average Bonchev–Trinajstić information content (AvgIpc) is 0.875. The summed E-state index contributed by atoms with van der Waals surface area (Å²) in [5.41, 5.74) is 0. The Hall–Kier alpha value is -5.60. The minimum absolute atomic E-state index is 0. The smallest absolute Gasteiger partial charge is 0.868 e. The van der Waals surface area contributed by atoms with E-state index < -0.39 is 209 Å². The molecule has 6 aromatic rings. The third-order valence-electron chi connectivity index (χ3n) is 8.98. The average molecular weight is 1750 g/mol. The van der Waals surface area contributed by atoms with E-state index in [9.17, 15) is 162 Å². The van der Waals surface area contributed by atoms with Crippen LogP contribution in [0.1, 0.15) is 0 Å². The van der Waals surface area contributed by atoms with Crippen molar-refractivity contribution < 1.29 is 282 Å². The second kappa shape index (κ2) is 53.3. The van der Waals surface area contributed by atoms with Crippen molar-refractivity contribution in [2.75, 3.05) is 110 Å². The summed E-state index contributed by atoms with van der Waals surface area (Å²) < 4.78 is 400. The quantitative estimate of drug-likeness (QED) is 0.0483. The maximum atomic E-state index is 12.1. The molecule has 6 aromatic carbocycles. The third-order valence-corrected chi connectivity index (χ3v) is 8.98. The Morgan fingerprint density at radius 1 is 0.143 bits per heavy atom. The van der Waals surface area contributed by atoms with Gasteiger partial charge >= 0.3 is 81.7 Å². The summed E-state index contributed by atoms with van der Waals surface area (Å²) in [4.78, 5) is 0. The Morgan fingerprint density at radius 3 is 0.245 bits per heavy atom. The number of hydrogen-bond donors (Lipinski definition) is 0. The zero-order valence-electron chi connectivity index (χ0n) is 49.7. The molecule has 0 fully saturated rings. The fraction of sp³-hybridized carbons (Fsp3) is 0.308. The first-order chi connectivity index (χ1) is 44.4. The van der Waals surface area contributed by atoms with Crippen molar-refractivity contribution in [3.8, 4) is 34.5 Å². The zero-order chi connectivity index (χ0) is 76.1. The zero-order valence-corrected chi connectivity index (χ0v) is 56.1. The van der Waals surface area contributed by atoms with Gasteiger partial charge in [0.05, 0.1) is 52.9 Å². The Labute approximate surface area is 596 Å². The first kappa shape index (κ1) is 103. The largest absolute Gasteiger partial charge is 3.00 e. The van der Waals surface area contributed by atoms with Gasteiger partial charge in [-0.25, -0.2) is 132 Å². The molecule has 2 radical (unpaired) electrons. The molecule has 46 heteroatoms. The molecule has 0 N–H and O–H groups in total. The van der Waals surface area contributed by atoms with Crippen LogP contribution in [-0.2, 0) is 37.9 Å². The molecule has 14 nitrogen and oxygen atoms in total. The van der Waals surface area contributed by atoms with Crippen LogP contribution >= 0.6 is 0 Å². The van der Waals surface area contributed by atoms with E-state index >= 15 is 0 Å². The van der Waals surface area contributed by atoms with Gasteiger partial charge in [-0.2, -0.15) is 0 Å². The topological polar surface area (TPSA) is 212 Å². The molecule has 0 aliphatic rings. The molecular formula is C52H40F30Nd2O14. The summed E-state index contributed by atoms with van der Waals surface area (Å²) in [5, 5.41) is 61.0. The van der Waals surface area contributed by atoms with E-state index in [-0.39, 0.29) is 81.7 Å². The molecule has 0 aromatic heterocycles. The van der Waals surface area contributed by atoms with Gasteiger partial charge in [0.25, 0.3) is 0 Å². The molecular weight excluding hydrogens is 1710 g/mol. The Bertz CT molecular complexity index is 2200. The van der Waals surface area contributed by atoms with Crippen LogP contribution in [0.25, 0.3) is 0 Å². The van der Waals surface area contributed by atoms with Crippen LogP contribution < -0.4 is 30.6 Å². The molecule has 0 aliphatic heterocycles. The molecule has 0 aliphatic carbocycles. The van der Waals surface area contributed by atoms with Crippen LogP contribution in [0.2, 0.25) is 0 Å². The SMILES string of the molecule is COCCOC.COCCOC.COCCOC.COCCOC.[Nd+3].[Nd+3].[O-]c1c(F)c(F)c(F)c(F)c1F.[O-]c1c(F)c(F)c(F)c(F)c1F.[O-]c1c(F)c(F)c(F)c(F)c1F.[O-]c1c(F)c(F)c(F)c(F)c1F.[O-]c1c(F)c(F)c(F)c(F)c1F.[O-]c1c(F)c(F)c(F)c(F)c1F. The van der Waals surface area contributed by atoms with E-state index in [0.717, 1.165) is 0 Å². The van der Waals surface area contributed by atoms with E-state index in [0.29, 0.717) is 52.9 Å². The van der Waals surface area contributed by atoms with E-state index in [1.807, 2.05) is 0 Å². The summed E-state index contributed by atoms with van der Waals surface area (Å²) in [5.74, 6) is -81.5. The molecule has 0 saturated heterocycles. The van der Waals surface area contributed by atoms with Gasteiger partial charge in [-0.05, 0) is 34.5 Å². The van der Waals surface area contributed by atoms with Gasteiger partial charge in [0.15, 0.2) is 175 Å². The molecule has 0 heterocycles.